The lowest BCUT2D eigenvalue weighted by molar-refractivity contribution is 0.199. The molecule has 0 aliphatic rings. The average Bonchev–Trinajstić information content (AvgIpc) is 3.29. The summed E-state index contributed by atoms with van der Waals surface area (Å²) in [5, 5.41) is 11.4. The van der Waals surface area contributed by atoms with E-state index in [1.165, 1.54) is 0 Å². The Kier molecular flexibility index (Phi) is 5.34. The van der Waals surface area contributed by atoms with Crippen LogP contribution in [-0.2, 0) is 17.7 Å². The first kappa shape index (κ1) is 17.0. The Morgan fingerprint density at radius 3 is 2.92 bits per heavy atom. The van der Waals surface area contributed by atoms with Crippen molar-refractivity contribution in [3.05, 3.63) is 36.3 Å². The molecule has 1 unspecified atom stereocenters. The number of nitrogens with zero attached hydrogens (tertiary/aromatic N) is 6. The molecule has 0 amide bonds. The van der Waals surface area contributed by atoms with E-state index >= 15 is 0 Å². The lowest BCUT2D eigenvalue weighted by Gasteiger charge is -2.14. The van der Waals surface area contributed by atoms with Gasteiger partial charge in [0.25, 0.3) is 5.89 Å². The second kappa shape index (κ2) is 7.84. The van der Waals surface area contributed by atoms with Crippen molar-refractivity contribution in [3.8, 4) is 11.5 Å². The van der Waals surface area contributed by atoms with Gasteiger partial charge in [0, 0.05) is 26.3 Å². The van der Waals surface area contributed by atoms with Crippen LogP contribution in [0.1, 0.15) is 31.5 Å². The van der Waals surface area contributed by atoms with E-state index in [0.717, 1.165) is 23.8 Å². The van der Waals surface area contributed by atoms with Gasteiger partial charge in [-0.3, -0.25) is 0 Å². The first-order valence-electron chi connectivity index (χ1n) is 8.13. The van der Waals surface area contributed by atoms with Gasteiger partial charge in [-0.25, -0.2) is 14.6 Å². The molecule has 0 saturated carbocycles. The number of aryl methyl sites for hydroxylation is 1. The van der Waals surface area contributed by atoms with E-state index in [9.17, 15) is 0 Å². The maximum absolute atomic E-state index is 5.26. The molecule has 3 aromatic heterocycles. The molecular weight excluding hydrogens is 322 g/mol. The molecule has 0 aliphatic carbocycles. The monoisotopic (exact) mass is 343 g/mol. The molecule has 3 heterocycles. The zero-order valence-electron chi connectivity index (χ0n) is 14.5. The third-order valence-corrected chi connectivity index (χ3v) is 3.71. The molecule has 3 rings (SSSR count). The molecule has 0 radical (unpaired) electrons. The van der Waals surface area contributed by atoms with Gasteiger partial charge in [0.1, 0.15) is 18.0 Å². The van der Waals surface area contributed by atoms with E-state index < -0.39 is 0 Å². The predicted octanol–water partition coefficient (Wildman–Crippen LogP) is 2.10. The van der Waals surface area contributed by atoms with Crippen LogP contribution in [0.25, 0.3) is 11.5 Å². The van der Waals surface area contributed by atoms with Crippen LogP contribution < -0.4 is 5.32 Å². The molecule has 0 spiro atoms. The van der Waals surface area contributed by atoms with Gasteiger partial charge in [0.15, 0.2) is 5.82 Å². The molecule has 25 heavy (non-hydrogen) atoms. The zero-order chi connectivity index (χ0) is 17.6. The normalized spacial score (nSPS) is 12.3. The fourth-order valence-corrected chi connectivity index (χ4v) is 2.41. The molecule has 1 N–H and O–H groups in total. The highest BCUT2D eigenvalue weighted by atomic mass is 16.5. The Hall–Kier alpha value is -2.81. The number of rotatable bonds is 8. The van der Waals surface area contributed by atoms with Gasteiger partial charge >= 0.3 is 0 Å². The van der Waals surface area contributed by atoms with Crippen molar-refractivity contribution in [1.29, 1.82) is 0 Å². The highest BCUT2D eigenvalue weighted by Gasteiger charge is 2.13. The summed E-state index contributed by atoms with van der Waals surface area (Å²) in [5.41, 5.74) is 0.770. The van der Waals surface area contributed by atoms with Crippen molar-refractivity contribution in [3.63, 3.8) is 0 Å². The van der Waals surface area contributed by atoms with Gasteiger partial charge in [-0.05, 0) is 26.0 Å². The Bertz CT molecular complexity index is 797. The van der Waals surface area contributed by atoms with E-state index in [1.54, 1.807) is 19.6 Å². The van der Waals surface area contributed by atoms with E-state index in [4.69, 9.17) is 9.26 Å². The van der Waals surface area contributed by atoms with Crippen molar-refractivity contribution >= 4 is 5.82 Å². The molecule has 0 bridgehead atoms. The van der Waals surface area contributed by atoms with Gasteiger partial charge in [0.05, 0.1) is 18.2 Å². The molecule has 1 atom stereocenters. The number of hydrogen-bond donors (Lipinski definition) is 1. The van der Waals surface area contributed by atoms with Gasteiger partial charge in [-0.2, -0.15) is 10.1 Å². The smallest absolute Gasteiger partial charge is 0.259 e. The number of hydrogen-bond acceptors (Lipinski definition) is 8. The highest BCUT2D eigenvalue weighted by molar-refractivity contribution is 5.54. The van der Waals surface area contributed by atoms with Crippen LogP contribution >= 0.6 is 0 Å². The minimum absolute atomic E-state index is 0.00940. The van der Waals surface area contributed by atoms with Gasteiger partial charge in [-0.1, -0.05) is 5.16 Å². The third kappa shape index (κ3) is 4.00. The Labute approximate surface area is 145 Å². The molecule has 9 heteroatoms. The Morgan fingerprint density at radius 1 is 1.32 bits per heavy atom. The molecule has 3 aromatic rings. The summed E-state index contributed by atoms with van der Waals surface area (Å²) in [4.78, 5) is 13.0. The summed E-state index contributed by atoms with van der Waals surface area (Å²) in [6.45, 7) is 5.38. The van der Waals surface area contributed by atoms with E-state index in [0.29, 0.717) is 24.7 Å². The fourth-order valence-electron chi connectivity index (χ4n) is 2.41. The molecule has 9 nitrogen and oxygen atoms in total. The van der Waals surface area contributed by atoms with Crippen molar-refractivity contribution in [1.82, 2.24) is 29.9 Å². The summed E-state index contributed by atoms with van der Waals surface area (Å²) >= 11 is 0. The maximum atomic E-state index is 5.26. The Morgan fingerprint density at radius 2 is 2.20 bits per heavy atom. The number of ether oxygens (including phenoxy) is 1. The summed E-state index contributed by atoms with van der Waals surface area (Å²) in [6.07, 6.45) is 3.88. The average molecular weight is 343 g/mol. The van der Waals surface area contributed by atoms with Gasteiger partial charge in [0.2, 0.25) is 0 Å². The molecule has 0 aromatic carbocycles. The number of aromatic nitrogens is 6. The van der Waals surface area contributed by atoms with Crippen molar-refractivity contribution in [2.45, 2.75) is 32.9 Å². The van der Waals surface area contributed by atoms with Crippen LogP contribution in [0.4, 0.5) is 5.82 Å². The molecule has 132 valence electrons. The van der Waals surface area contributed by atoms with Crippen LogP contribution in [0, 0.1) is 0 Å². The fraction of sp³-hybridized carbons (Fsp3) is 0.438. The van der Waals surface area contributed by atoms with Gasteiger partial charge < -0.3 is 14.6 Å². The standard InChI is InChI=1S/C16H21N7O2/c1-4-23-15(18-10-19-23)11(2)20-13-6-5-12(9-17-13)16-21-14(22-25-16)7-8-24-3/h5-6,9-11H,4,7-8H2,1-3H3,(H,17,20). The maximum Gasteiger partial charge on any atom is 0.259 e. The summed E-state index contributed by atoms with van der Waals surface area (Å²) in [6, 6.07) is 3.75. The van der Waals surface area contributed by atoms with Crippen LogP contribution in [-0.4, -0.2) is 43.6 Å². The number of anilines is 1. The largest absolute Gasteiger partial charge is 0.384 e. The van der Waals surface area contributed by atoms with E-state index in [1.807, 2.05) is 30.7 Å². The van der Waals surface area contributed by atoms with Crippen LogP contribution in [0.15, 0.2) is 29.2 Å². The van der Waals surface area contributed by atoms with E-state index in [-0.39, 0.29) is 6.04 Å². The third-order valence-electron chi connectivity index (χ3n) is 3.71. The zero-order valence-corrected chi connectivity index (χ0v) is 14.5. The number of methoxy groups -OCH3 is 1. The first-order valence-corrected chi connectivity index (χ1v) is 8.13. The van der Waals surface area contributed by atoms with Crippen molar-refractivity contribution < 1.29 is 9.26 Å². The minimum atomic E-state index is -0.00940. The van der Waals surface area contributed by atoms with Crippen molar-refractivity contribution in [2.24, 2.45) is 0 Å². The topological polar surface area (TPSA) is 104 Å². The Balaban J connectivity index is 1.67. The number of pyridine rings is 1. The second-order valence-electron chi connectivity index (χ2n) is 5.49. The summed E-state index contributed by atoms with van der Waals surface area (Å²) in [7, 11) is 1.64. The predicted molar refractivity (Wildman–Crippen MR) is 90.8 cm³/mol. The minimum Gasteiger partial charge on any atom is -0.384 e. The van der Waals surface area contributed by atoms with E-state index in [2.05, 4.69) is 30.5 Å². The van der Waals surface area contributed by atoms with Gasteiger partial charge in [-0.15, -0.1) is 0 Å². The molecule has 0 fully saturated rings. The highest BCUT2D eigenvalue weighted by Crippen LogP contribution is 2.20. The summed E-state index contributed by atoms with van der Waals surface area (Å²) < 4.78 is 12.1. The second-order valence-corrected chi connectivity index (χ2v) is 5.49. The number of nitrogens with one attached hydrogen (secondary N) is 1. The molecular formula is C16H21N7O2. The lowest BCUT2D eigenvalue weighted by Crippen LogP contribution is -2.14. The van der Waals surface area contributed by atoms with Crippen molar-refractivity contribution in [2.75, 3.05) is 19.0 Å². The van der Waals surface area contributed by atoms with Crippen LogP contribution in [0.5, 0.6) is 0 Å². The SMILES string of the molecule is CCn1ncnc1C(C)Nc1ccc(-c2nc(CCOC)no2)cn1. The summed E-state index contributed by atoms with van der Waals surface area (Å²) in [5.74, 6) is 2.67. The van der Waals surface area contributed by atoms with Crippen LogP contribution in [0.3, 0.4) is 0 Å². The molecule has 0 aliphatic heterocycles. The quantitative estimate of drug-likeness (QED) is 0.663. The molecule has 0 saturated heterocycles. The first-order chi connectivity index (χ1) is 12.2. The lowest BCUT2D eigenvalue weighted by atomic mass is 10.2. The van der Waals surface area contributed by atoms with Crippen LogP contribution in [0.2, 0.25) is 0 Å².